The van der Waals surface area contributed by atoms with Gasteiger partial charge in [-0.3, -0.25) is 0 Å². The largest absolute Gasteiger partial charge is 0.326 e. The van der Waals surface area contributed by atoms with E-state index in [0.29, 0.717) is 6.54 Å². The average molecular weight is 291 g/mol. The molecule has 0 aliphatic rings. The van der Waals surface area contributed by atoms with Gasteiger partial charge in [0.25, 0.3) is 0 Å². The molecular weight excluding hydrogens is 276 g/mol. The van der Waals surface area contributed by atoms with Gasteiger partial charge in [0.2, 0.25) is 0 Å². The first-order valence-corrected chi connectivity index (χ1v) is 6.30. The predicted octanol–water partition coefficient (Wildman–Crippen LogP) is 2.96. The Kier molecular flexibility index (Phi) is 3.94. The maximum absolute atomic E-state index is 6.25. The van der Waals surface area contributed by atoms with Gasteiger partial charge in [-0.25, -0.2) is 0 Å². The fourth-order valence-corrected chi connectivity index (χ4v) is 2.30. The molecule has 3 heteroatoms. The summed E-state index contributed by atoms with van der Waals surface area (Å²) in [5.41, 5.74) is 15.1. The molecule has 0 radical (unpaired) electrons. The molecule has 0 spiro atoms. The predicted molar refractivity (Wildman–Crippen MR) is 74.5 cm³/mol. The minimum atomic E-state index is -0.114. The van der Waals surface area contributed by atoms with E-state index in [-0.39, 0.29) is 6.04 Å². The Labute approximate surface area is 110 Å². The van der Waals surface area contributed by atoms with Crippen LogP contribution in [0.15, 0.2) is 53.0 Å². The van der Waals surface area contributed by atoms with Crippen LogP contribution in [0.3, 0.4) is 0 Å². The first kappa shape index (κ1) is 12.3. The molecule has 4 N–H and O–H groups in total. The normalized spacial score (nSPS) is 12.4. The van der Waals surface area contributed by atoms with Gasteiger partial charge < -0.3 is 11.5 Å². The molecule has 2 aromatic carbocycles. The summed E-state index contributed by atoms with van der Waals surface area (Å²) in [6, 6.07) is 16.0. The molecule has 0 fully saturated rings. The van der Waals surface area contributed by atoms with Crippen LogP contribution < -0.4 is 11.5 Å². The molecule has 88 valence electrons. The van der Waals surface area contributed by atoms with E-state index in [1.54, 1.807) is 0 Å². The molecule has 0 saturated carbocycles. The molecule has 17 heavy (non-hydrogen) atoms. The molecule has 1 atom stereocenters. The molecule has 0 saturated heterocycles. The van der Waals surface area contributed by atoms with E-state index in [1.807, 2.05) is 48.5 Å². The highest BCUT2D eigenvalue weighted by atomic mass is 79.9. The molecule has 0 aliphatic heterocycles. The second kappa shape index (κ2) is 5.45. The number of nitrogens with two attached hydrogens (primary N) is 2. The van der Waals surface area contributed by atoms with E-state index in [9.17, 15) is 0 Å². The number of halogens is 1. The zero-order valence-corrected chi connectivity index (χ0v) is 11.0. The lowest BCUT2D eigenvalue weighted by molar-refractivity contribution is 0.864. The van der Waals surface area contributed by atoms with Crippen molar-refractivity contribution < 1.29 is 0 Å². The highest BCUT2D eigenvalue weighted by Crippen LogP contribution is 2.26. The molecule has 2 rings (SSSR count). The summed E-state index contributed by atoms with van der Waals surface area (Å²) in [6.07, 6.45) is 0. The Morgan fingerprint density at radius 2 is 1.65 bits per heavy atom. The molecule has 1 unspecified atom stereocenters. The third-order valence-electron chi connectivity index (χ3n) is 2.81. The van der Waals surface area contributed by atoms with Crippen molar-refractivity contribution in [1.29, 1.82) is 0 Å². The Morgan fingerprint density at radius 3 is 2.24 bits per heavy atom. The average Bonchev–Trinajstić information content (AvgIpc) is 2.39. The van der Waals surface area contributed by atoms with E-state index in [0.717, 1.165) is 21.2 Å². The van der Waals surface area contributed by atoms with Crippen molar-refractivity contribution in [3.63, 3.8) is 0 Å². The third kappa shape index (κ3) is 2.75. The molecule has 0 bridgehead atoms. The van der Waals surface area contributed by atoms with Gasteiger partial charge in [-0.1, -0.05) is 58.4 Å². The van der Waals surface area contributed by atoms with Gasteiger partial charge in [-0.05, 0) is 22.8 Å². The van der Waals surface area contributed by atoms with Gasteiger partial charge in [0.05, 0.1) is 6.04 Å². The van der Waals surface area contributed by atoms with Crippen LogP contribution >= 0.6 is 15.9 Å². The van der Waals surface area contributed by atoms with Gasteiger partial charge in [0.1, 0.15) is 0 Å². The van der Waals surface area contributed by atoms with E-state index in [4.69, 9.17) is 11.5 Å². The summed E-state index contributed by atoms with van der Waals surface area (Å²) in [5.74, 6) is 0. The third-order valence-corrected chi connectivity index (χ3v) is 3.54. The second-order valence-corrected chi connectivity index (χ2v) is 4.80. The van der Waals surface area contributed by atoms with Crippen LogP contribution in [0, 0.1) is 0 Å². The minimum Gasteiger partial charge on any atom is -0.326 e. The van der Waals surface area contributed by atoms with Crippen molar-refractivity contribution >= 4 is 15.9 Å². The van der Waals surface area contributed by atoms with E-state index < -0.39 is 0 Å². The molecule has 0 aromatic heterocycles. The maximum atomic E-state index is 6.25. The Morgan fingerprint density at radius 1 is 1.00 bits per heavy atom. The molecule has 0 aliphatic carbocycles. The number of rotatable bonds is 3. The number of hydrogen-bond donors (Lipinski definition) is 2. The van der Waals surface area contributed by atoms with Crippen LogP contribution in [0.2, 0.25) is 0 Å². The van der Waals surface area contributed by atoms with Crippen molar-refractivity contribution in [1.82, 2.24) is 0 Å². The lowest BCUT2D eigenvalue weighted by Gasteiger charge is -2.14. The van der Waals surface area contributed by atoms with Crippen molar-refractivity contribution in [2.45, 2.75) is 12.6 Å². The quantitative estimate of drug-likeness (QED) is 0.913. The van der Waals surface area contributed by atoms with Gasteiger partial charge in [0.15, 0.2) is 0 Å². The molecule has 2 aromatic rings. The standard InChI is InChI=1S/C14H15BrN2/c15-13-4-2-1-3-12(13)14(17)11-7-5-10(9-16)6-8-11/h1-8,14H,9,16-17H2. The first-order valence-electron chi connectivity index (χ1n) is 5.51. The first-order chi connectivity index (χ1) is 8.22. The Bertz CT molecular complexity index is 494. The zero-order chi connectivity index (χ0) is 12.3. The summed E-state index contributed by atoms with van der Waals surface area (Å²) in [7, 11) is 0. The monoisotopic (exact) mass is 290 g/mol. The van der Waals surface area contributed by atoms with Gasteiger partial charge in [0, 0.05) is 11.0 Å². The lowest BCUT2D eigenvalue weighted by Crippen LogP contribution is -2.12. The zero-order valence-electron chi connectivity index (χ0n) is 9.44. The second-order valence-electron chi connectivity index (χ2n) is 3.94. The molecule has 2 nitrogen and oxygen atoms in total. The summed E-state index contributed by atoms with van der Waals surface area (Å²) >= 11 is 3.52. The summed E-state index contributed by atoms with van der Waals surface area (Å²) < 4.78 is 1.04. The smallest absolute Gasteiger partial charge is 0.0562 e. The van der Waals surface area contributed by atoms with Crippen molar-refractivity contribution in [3.05, 3.63) is 69.7 Å². The minimum absolute atomic E-state index is 0.114. The molecule has 0 amide bonds. The molecular formula is C14H15BrN2. The van der Waals surface area contributed by atoms with E-state index in [1.165, 1.54) is 0 Å². The topological polar surface area (TPSA) is 52.0 Å². The highest BCUT2D eigenvalue weighted by molar-refractivity contribution is 9.10. The fourth-order valence-electron chi connectivity index (χ4n) is 1.77. The van der Waals surface area contributed by atoms with Crippen molar-refractivity contribution in [3.8, 4) is 0 Å². The van der Waals surface area contributed by atoms with Crippen molar-refractivity contribution in [2.75, 3.05) is 0 Å². The highest BCUT2D eigenvalue weighted by Gasteiger charge is 2.11. The lowest BCUT2D eigenvalue weighted by atomic mass is 9.99. The van der Waals surface area contributed by atoms with Crippen LogP contribution in [0.5, 0.6) is 0 Å². The number of benzene rings is 2. The maximum Gasteiger partial charge on any atom is 0.0562 e. The van der Waals surface area contributed by atoms with Crippen LogP contribution in [0.1, 0.15) is 22.7 Å². The van der Waals surface area contributed by atoms with Crippen molar-refractivity contribution in [2.24, 2.45) is 11.5 Å². The van der Waals surface area contributed by atoms with E-state index >= 15 is 0 Å². The Hall–Kier alpha value is -1.16. The number of hydrogen-bond acceptors (Lipinski definition) is 2. The van der Waals surface area contributed by atoms with Crippen LogP contribution in [0.4, 0.5) is 0 Å². The summed E-state index contributed by atoms with van der Waals surface area (Å²) in [6.45, 7) is 0.560. The SMILES string of the molecule is NCc1ccc(C(N)c2ccccc2Br)cc1. The van der Waals surface area contributed by atoms with Crippen LogP contribution in [0.25, 0.3) is 0 Å². The summed E-state index contributed by atoms with van der Waals surface area (Å²) in [4.78, 5) is 0. The van der Waals surface area contributed by atoms with Gasteiger partial charge in [-0.15, -0.1) is 0 Å². The van der Waals surface area contributed by atoms with Gasteiger partial charge in [-0.2, -0.15) is 0 Å². The summed E-state index contributed by atoms with van der Waals surface area (Å²) in [5, 5.41) is 0. The fraction of sp³-hybridized carbons (Fsp3) is 0.143. The van der Waals surface area contributed by atoms with Crippen LogP contribution in [-0.2, 0) is 6.54 Å². The van der Waals surface area contributed by atoms with E-state index in [2.05, 4.69) is 15.9 Å². The Balaban J connectivity index is 2.30. The molecule has 0 heterocycles. The van der Waals surface area contributed by atoms with Crippen LogP contribution in [-0.4, -0.2) is 0 Å². The van der Waals surface area contributed by atoms with Gasteiger partial charge >= 0.3 is 0 Å².